The third-order valence-corrected chi connectivity index (χ3v) is 5.52. The maximum absolute atomic E-state index is 13.2. The van der Waals surface area contributed by atoms with Crippen molar-refractivity contribution in [2.45, 2.75) is 25.4 Å². The van der Waals surface area contributed by atoms with Gasteiger partial charge < -0.3 is 14.4 Å². The molecule has 2 heterocycles. The molecule has 6 heteroatoms. The average Bonchev–Trinajstić information content (AvgIpc) is 3.01. The number of quaternary nitrogens is 1. The summed E-state index contributed by atoms with van der Waals surface area (Å²) in [5.74, 6) is 0.704. The van der Waals surface area contributed by atoms with Crippen molar-refractivity contribution in [1.29, 1.82) is 0 Å². The highest BCUT2D eigenvalue weighted by molar-refractivity contribution is 6.22. The Hall–Kier alpha value is -2.86. The first kappa shape index (κ1) is 17.5. The zero-order valence-corrected chi connectivity index (χ0v) is 15.5. The molecule has 140 valence electrons. The van der Waals surface area contributed by atoms with Crippen LogP contribution in [0.15, 0.2) is 42.5 Å². The smallest absolute Gasteiger partial charge is 0.292 e. The lowest BCUT2D eigenvalue weighted by Crippen LogP contribution is -3.16. The number of anilines is 1. The third-order valence-electron chi connectivity index (χ3n) is 5.52. The van der Waals surface area contributed by atoms with Crippen molar-refractivity contribution in [2.24, 2.45) is 0 Å². The highest BCUT2D eigenvalue weighted by Crippen LogP contribution is 2.35. The second-order valence-electron chi connectivity index (χ2n) is 6.97. The van der Waals surface area contributed by atoms with E-state index in [0.29, 0.717) is 17.2 Å². The second-order valence-corrected chi connectivity index (χ2v) is 6.97. The van der Waals surface area contributed by atoms with E-state index in [1.165, 1.54) is 23.1 Å². The van der Waals surface area contributed by atoms with E-state index in [4.69, 9.17) is 9.47 Å². The molecule has 27 heavy (non-hydrogen) atoms. The molecule has 1 fully saturated rings. The van der Waals surface area contributed by atoms with Crippen molar-refractivity contribution in [3.63, 3.8) is 0 Å². The number of hydrogen-bond acceptors (Lipinski definition) is 4. The van der Waals surface area contributed by atoms with Crippen molar-refractivity contribution >= 4 is 17.5 Å². The van der Waals surface area contributed by atoms with E-state index in [1.54, 1.807) is 25.3 Å². The highest BCUT2D eigenvalue weighted by atomic mass is 16.5. The zero-order valence-electron chi connectivity index (χ0n) is 15.5. The maximum Gasteiger partial charge on any atom is 0.292 e. The topological polar surface area (TPSA) is 60.3 Å². The summed E-state index contributed by atoms with van der Waals surface area (Å²) in [5, 5.41) is 0. The fourth-order valence-electron chi connectivity index (χ4n) is 4.08. The van der Waals surface area contributed by atoms with Crippen molar-refractivity contribution in [1.82, 2.24) is 0 Å². The Morgan fingerprint density at radius 1 is 1.04 bits per heavy atom. The molecule has 0 aromatic heterocycles. The van der Waals surface area contributed by atoms with Gasteiger partial charge in [0, 0.05) is 18.1 Å². The van der Waals surface area contributed by atoms with Crippen LogP contribution in [0.3, 0.4) is 0 Å². The van der Waals surface area contributed by atoms with Gasteiger partial charge in [-0.3, -0.25) is 9.59 Å². The van der Waals surface area contributed by atoms with Gasteiger partial charge in [-0.05, 0) is 17.7 Å². The van der Waals surface area contributed by atoms with E-state index in [0.717, 1.165) is 24.4 Å². The van der Waals surface area contributed by atoms with Gasteiger partial charge in [-0.1, -0.05) is 24.3 Å². The molecule has 1 N–H and O–H groups in total. The fourth-order valence-corrected chi connectivity index (χ4v) is 4.08. The lowest BCUT2D eigenvalue weighted by molar-refractivity contribution is -0.930. The van der Waals surface area contributed by atoms with Gasteiger partial charge in [0.05, 0.1) is 32.9 Å². The number of carbonyl (C=O) groups is 2. The second kappa shape index (κ2) is 7.04. The lowest BCUT2D eigenvalue weighted by Gasteiger charge is -2.29. The monoisotopic (exact) mass is 367 g/mol. The molecular formula is C21H23N2O4+. The summed E-state index contributed by atoms with van der Waals surface area (Å²) < 4.78 is 10.6. The van der Waals surface area contributed by atoms with E-state index < -0.39 is 0 Å². The normalized spacial score (nSPS) is 21.9. The largest absolute Gasteiger partial charge is 0.497 e. The molecule has 0 spiro atoms. The Morgan fingerprint density at radius 2 is 1.81 bits per heavy atom. The van der Waals surface area contributed by atoms with Gasteiger partial charge in [-0.15, -0.1) is 0 Å². The molecule has 0 aliphatic carbocycles. The Labute approximate surface area is 158 Å². The van der Waals surface area contributed by atoms with E-state index in [1.807, 2.05) is 12.1 Å². The maximum atomic E-state index is 13.2. The molecule has 2 amide bonds. The molecule has 0 bridgehead atoms. The van der Waals surface area contributed by atoms with Gasteiger partial charge in [-0.2, -0.15) is 0 Å². The SMILES string of the molecule is COc1ccc(OC)c(N2C(=O)CC([NH+]3CCc4ccccc4C3)C2=O)c1. The standard InChI is InChI=1S/C21H22N2O4/c1-26-16-7-8-19(27-2)17(11-16)23-20(24)12-18(21(23)25)22-10-9-14-5-3-4-6-15(14)13-22/h3-8,11,18H,9-10,12-13H2,1-2H3/p+1. The van der Waals surface area contributed by atoms with Crippen LogP contribution in [0.5, 0.6) is 11.5 Å². The van der Waals surface area contributed by atoms with Crippen LogP contribution in [-0.2, 0) is 22.6 Å². The number of nitrogens with zero attached hydrogens (tertiary/aromatic N) is 1. The van der Waals surface area contributed by atoms with E-state index in [9.17, 15) is 9.59 Å². The third kappa shape index (κ3) is 3.06. The number of hydrogen-bond donors (Lipinski definition) is 1. The minimum atomic E-state index is -0.359. The molecule has 1 saturated heterocycles. The van der Waals surface area contributed by atoms with Crippen LogP contribution >= 0.6 is 0 Å². The molecule has 0 saturated carbocycles. The van der Waals surface area contributed by atoms with Crippen molar-refractivity contribution in [3.8, 4) is 11.5 Å². The van der Waals surface area contributed by atoms with Gasteiger partial charge in [-0.25, -0.2) is 4.90 Å². The van der Waals surface area contributed by atoms with Gasteiger partial charge in [0.15, 0.2) is 6.04 Å². The molecule has 2 unspecified atom stereocenters. The Bertz CT molecular complexity index is 896. The van der Waals surface area contributed by atoms with Crippen LogP contribution in [0.1, 0.15) is 17.5 Å². The molecule has 2 aromatic rings. The number of rotatable bonds is 4. The Balaban J connectivity index is 1.62. The quantitative estimate of drug-likeness (QED) is 0.819. The Kier molecular flexibility index (Phi) is 4.58. The summed E-state index contributed by atoms with van der Waals surface area (Å²) in [6, 6.07) is 13.1. The lowest BCUT2D eigenvalue weighted by atomic mass is 9.98. The number of fused-ring (bicyclic) bond motifs is 1. The predicted molar refractivity (Wildman–Crippen MR) is 100 cm³/mol. The van der Waals surface area contributed by atoms with Crippen molar-refractivity contribution in [3.05, 3.63) is 53.6 Å². The van der Waals surface area contributed by atoms with E-state index in [2.05, 4.69) is 12.1 Å². The molecular weight excluding hydrogens is 344 g/mol. The number of methoxy groups -OCH3 is 2. The minimum Gasteiger partial charge on any atom is -0.497 e. The van der Waals surface area contributed by atoms with Crippen LogP contribution < -0.4 is 19.3 Å². The number of amides is 2. The van der Waals surface area contributed by atoms with Crippen LogP contribution in [0.2, 0.25) is 0 Å². The zero-order chi connectivity index (χ0) is 19.0. The fraction of sp³-hybridized carbons (Fsp3) is 0.333. The van der Waals surface area contributed by atoms with Crippen molar-refractivity contribution < 1.29 is 24.0 Å². The molecule has 2 aliphatic rings. The first-order valence-electron chi connectivity index (χ1n) is 9.12. The number of ether oxygens (including phenoxy) is 2. The van der Waals surface area contributed by atoms with Crippen LogP contribution in [0.25, 0.3) is 0 Å². The van der Waals surface area contributed by atoms with E-state index >= 15 is 0 Å². The molecule has 4 rings (SSSR count). The molecule has 0 radical (unpaired) electrons. The average molecular weight is 367 g/mol. The Morgan fingerprint density at radius 3 is 2.56 bits per heavy atom. The first-order valence-corrected chi connectivity index (χ1v) is 9.12. The first-order chi connectivity index (χ1) is 13.1. The van der Waals surface area contributed by atoms with Crippen LogP contribution in [-0.4, -0.2) is 38.6 Å². The summed E-state index contributed by atoms with van der Waals surface area (Å²) in [6.45, 7) is 1.62. The van der Waals surface area contributed by atoms with Gasteiger partial charge in [0.2, 0.25) is 5.91 Å². The number of benzene rings is 2. The molecule has 2 atom stereocenters. The summed E-state index contributed by atoms with van der Waals surface area (Å²) in [6.07, 6.45) is 1.14. The summed E-state index contributed by atoms with van der Waals surface area (Å²) >= 11 is 0. The summed E-state index contributed by atoms with van der Waals surface area (Å²) in [5.41, 5.74) is 3.05. The summed E-state index contributed by atoms with van der Waals surface area (Å²) in [7, 11) is 3.08. The van der Waals surface area contributed by atoms with Crippen LogP contribution in [0.4, 0.5) is 5.69 Å². The van der Waals surface area contributed by atoms with Gasteiger partial charge >= 0.3 is 0 Å². The van der Waals surface area contributed by atoms with Gasteiger partial charge in [0.25, 0.3) is 5.91 Å². The highest BCUT2D eigenvalue weighted by Gasteiger charge is 2.47. The van der Waals surface area contributed by atoms with Crippen LogP contribution in [0, 0.1) is 0 Å². The summed E-state index contributed by atoms with van der Waals surface area (Å²) in [4.78, 5) is 28.3. The van der Waals surface area contributed by atoms with Gasteiger partial charge in [0.1, 0.15) is 18.0 Å². The number of nitrogens with one attached hydrogen (secondary N) is 1. The van der Waals surface area contributed by atoms with Crippen molar-refractivity contribution in [2.75, 3.05) is 25.7 Å². The van der Waals surface area contributed by atoms with E-state index in [-0.39, 0.29) is 24.3 Å². The minimum absolute atomic E-state index is 0.166. The molecule has 2 aromatic carbocycles. The predicted octanol–water partition coefficient (Wildman–Crippen LogP) is 0.977. The number of carbonyl (C=O) groups excluding carboxylic acids is 2. The number of imide groups is 1. The molecule has 2 aliphatic heterocycles. The molecule has 6 nitrogen and oxygen atoms in total.